The van der Waals surface area contributed by atoms with Crippen LogP contribution in [0.25, 0.3) is 20.7 Å². The summed E-state index contributed by atoms with van der Waals surface area (Å²) in [6, 6.07) is 6.47. The lowest BCUT2D eigenvalue weighted by Gasteiger charge is -2.17. The Balaban J connectivity index is 2.10. The molecule has 0 saturated carbocycles. The predicted molar refractivity (Wildman–Crippen MR) is 96.9 cm³/mol. The molecule has 0 saturated heterocycles. The molecule has 3 aromatic heterocycles. The van der Waals surface area contributed by atoms with Gasteiger partial charge in [-0.1, -0.05) is 30.2 Å². The van der Waals surface area contributed by atoms with Gasteiger partial charge in [0.05, 0.1) is 0 Å². The Morgan fingerprint density at radius 2 is 2.04 bits per heavy atom. The van der Waals surface area contributed by atoms with Gasteiger partial charge in [-0.3, -0.25) is 0 Å². The van der Waals surface area contributed by atoms with E-state index in [0.717, 1.165) is 28.5 Å². The number of nitrogens with zero attached hydrogens (tertiary/aromatic N) is 2. The van der Waals surface area contributed by atoms with Crippen molar-refractivity contribution in [1.82, 2.24) is 4.98 Å². The smallest absolute Gasteiger partial charge is 0.238 e. The third kappa shape index (κ3) is 2.54. The van der Waals surface area contributed by atoms with Crippen LogP contribution in [-0.2, 0) is 12.8 Å². The molecule has 0 bridgehead atoms. The van der Waals surface area contributed by atoms with Crippen LogP contribution in [0.1, 0.15) is 42.5 Å². The van der Waals surface area contributed by atoms with Crippen LogP contribution < -0.4 is 5.48 Å². The van der Waals surface area contributed by atoms with Gasteiger partial charge in [-0.15, -0.1) is 11.3 Å². The van der Waals surface area contributed by atoms with E-state index in [1.807, 2.05) is 0 Å². The van der Waals surface area contributed by atoms with E-state index >= 15 is 0 Å². The lowest BCUT2D eigenvalue weighted by atomic mass is 9.91. The van der Waals surface area contributed by atoms with E-state index in [2.05, 4.69) is 23.6 Å². The van der Waals surface area contributed by atoms with Crippen molar-refractivity contribution in [2.75, 3.05) is 0 Å². The van der Waals surface area contributed by atoms with Crippen molar-refractivity contribution in [3.8, 4) is 16.5 Å². The largest absolute Gasteiger partial charge is 0.241 e. The maximum Gasteiger partial charge on any atom is 0.238 e. The summed E-state index contributed by atoms with van der Waals surface area (Å²) in [4.78, 5) is 6.97. The number of quaternary nitrogens is 1. The Kier molecular flexibility index (Phi) is 4.33. The van der Waals surface area contributed by atoms with Gasteiger partial charge in [0.25, 0.3) is 0 Å². The predicted octanol–water partition coefficient (Wildman–Crippen LogP) is 4.14. The average molecular weight is 356 g/mol. The number of pyridine rings is 1. The van der Waals surface area contributed by atoms with Crippen LogP contribution >= 0.6 is 22.7 Å². The zero-order valence-electron chi connectivity index (χ0n) is 13.2. The van der Waals surface area contributed by atoms with Gasteiger partial charge in [0.2, 0.25) is 5.00 Å². The number of aromatic nitrogens is 1. The summed E-state index contributed by atoms with van der Waals surface area (Å²) < 4.78 is 0. The van der Waals surface area contributed by atoms with Crippen LogP contribution in [0, 0.1) is 11.3 Å². The Morgan fingerprint density at radius 3 is 2.75 bits per heavy atom. The molecule has 24 heavy (non-hydrogen) atoms. The minimum atomic E-state index is 0.554. The molecular formula is C18H18N3OS2+. The number of rotatable bonds is 2. The number of hydrogen-bond donors (Lipinski definition) is 2. The fraction of sp³-hybridized carbons (Fsp3) is 0.333. The maximum atomic E-state index is 9.66. The van der Waals surface area contributed by atoms with Gasteiger partial charge in [0, 0.05) is 21.5 Å². The van der Waals surface area contributed by atoms with Gasteiger partial charge < -0.3 is 0 Å². The number of aryl methyl sites for hydroxylation is 1. The molecule has 3 heterocycles. The zero-order valence-corrected chi connectivity index (χ0v) is 14.8. The first-order valence-electron chi connectivity index (χ1n) is 8.23. The van der Waals surface area contributed by atoms with E-state index in [-0.39, 0.29) is 0 Å². The highest BCUT2D eigenvalue weighted by Gasteiger charge is 2.25. The minimum Gasteiger partial charge on any atom is -0.241 e. The summed E-state index contributed by atoms with van der Waals surface area (Å²) >= 11 is 3.12. The first kappa shape index (κ1) is 15.7. The second-order valence-corrected chi connectivity index (χ2v) is 8.04. The molecule has 4 rings (SSSR count). The number of nitriles is 1. The van der Waals surface area contributed by atoms with Gasteiger partial charge >= 0.3 is 0 Å². The van der Waals surface area contributed by atoms with Crippen LogP contribution in [0.2, 0.25) is 0 Å². The Morgan fingerprint density at radius 1 is 1.21 bits per heavy atom. The van der Waals surface area contributed by atoms with E-state index in [1.165, 1.54) is 58.7 Å². The van der Waals surface area contributed by atoms with E-state index in [4.69, 9.17) is 4.98 Å². The lowest BCUT2D eigenvalue weighted by molar-refractivity contribution is -0.823. The quantitative estimate of drug-likeness (QED) is 0.678. The van der Waals surface area contributed by atoms with E-state index < -0.39 is 0 Å². The van der Waals surface area contributed by atoms with Crippen molar-refractivity contribution < 1.29 is 10.7 Å². The normalized spacial score (nSPS) is 14.8. The molecule has 0 aliphatic heterocycles. The highest BCUT2D eigenvalue weighted by Crippen LogP contribution is 2.43. The summed E-state index contributed by atoms with van der Waals surface area (Å²) in [6.07, 6.45) is 6.88. The molecule has 0 radical (unpaired) electrons. The molecular weight excluding hydrogens is 338 g/mol. The molecule has 0 spiro atoms. The topological polar surface area (TPSA) is 73.5 Å². The summed E-state index contributed by atoms with van der Waals surface area (Å²) in [7, 11) is 0. The van der Waals surface area contributed by atoms with E-state index in [0.29, 0.717) is 10.6 Å². The van der Waals surface area contributed by atoms with Crippen LogP contribution in [0.4, 0.5) is 5.00 Å². The highest BCUT2D eigenvalue weighted by molar-refractivity contribution is 7.22. The van der Waals surface area contributed by atoms with Gasteiger partial charge in [-0.25, -0.2) is 10.2 Å². The molecule has 122 valence electrons. The summed E-state index contributed by atoms with van der Waals surface area (Å²) in [5.41, 5.74) is 5.26. The van der Waals surface area contributed by atoms with Crippen molar-refractivity contribution in [3.05, 3.63) is 34.3 Å². The van der Waals surface area contributed by atoms with Gasteiger partial charge in [-0.2, -0.15) is 10.7 Å². The molecule has 0 atom stereocenters. The monoisotopic (exact) mass is 356 g/mol. The molecule has 1 aliphatic carbocycles. The van der Waals surface area contributed by atoms with Crippen LogP contribution in [0.5, 0.6) is 0 Å². The fourth-order valence-corrected chi connectivity index (χ4v) is 5.33. The molecule has 1 aliphatic rings. The lowest BCUT2D eigenvalue weighted by Crippen LogP contribution is -2.73. The van der Waals surface area contributed by atoms with Crippen LogP contribution in [0.15, 0.2) is 17.5 Å². The fourth-order valence-electron chi connectivity index (χ4n) is 3.55. The standard InChI is InChI=1S/C18H17N3OS2/c19-10-12-16-15(14-8-5-9-23-14)11-6-3-1-2-4-7-13(11)20-18(16)24-17(12)21-22/h5,8-9,21-22H,1-4,6-7H2/p+1. The molecule has 4 nitrogen and oxygen atoms in total. The number of thiophene rings is 2. The zero-order chi connectivity index (χ0) is 16.5. The van der Waals surface area contributed by atoms with Crippen molar-refractivity contribution >= 4 is 37.9 Å². The molecule has 0 aromatic carbocycles. The van der Waals surface area contributed by atoms with E-state index in [1.54, 1.807) is 11.3 Å². The van der Waals surface area contributed by atoms with Gasteiger partial charge in [0.15, 0.2) is 0 Å². The summed E-state index contributed by atoms with van der Waals surface area (Å²) in [5.74, 6) is 0. The molecule has 3 N–H and O–H groups in total. The SMILES string of the molecule is N#Cc1c([NH2+]O)sc2nc3c(c(-c4cccs4)c12)CCCCCC3. The number of nitrogens with two attached hydrogens (primary N) is 1. The highest BCUT2D eigenvalue weighted by atomic mass is 32.1. The van der Waals surface area contributed by atoms with Crippen molar-refractivity contribution in [3.63, 3.8) is 0 Å². The number of hydrogen-bond acceptors (Lipinski definition) is 5. The first-order valence-corrected chi connectivity index (χ1v) is 9.92. The molecule has 3 aromatic rings. The second-order valence-electron chi connectivity index (χ2n) is 6.07. The van der Waals surface area contributed by atoms with Gasteiger partial charge in [-0.05, 0) is 42.7 Å². The average Bonchev–Trinajstić information content (AvgIpc) is 3.21. The Hall–Kier alpha value is -1.78. The van der Waals surface area contributed by atoms with Crippen molar-refractivity contribution in [1.29, 1.82) is 5.26 Å². The summed E-state index contributed by atoms with van der Waals surface area (Å²) in [6.45, 7) is 0. The molecule has 0 unspecified atom stereocenters. The first-order chi connectivity index (χ1) is 11.8. The maximum absolute atomic E-state index is 9.66. The van der Waals surface area contributed by atoms with Gasteiger partial charge in [0.1, 0.15) is 16.5 Å². The molecule has 0 fully saturated rings. The Labute approximate surface area is 148 Å². The third-order valence-corrected chi connectivity index (χ3v) is 6.55. The molecule has 6 heteroatoms. The van der Waals surface area contributed by atoms with Crippen LogP contribution in [0.3, 0.4) is 0 Å². The summed E-state index contributed by atoms with van der Waals surface area (Å²) in [5, 5.41) is 22.8. The van der Waals surface area contributed by atoms with Crippen molar-refractivity contribution in [2.24, 2.45) is 0 Å². The van der Waals surface area contributed by atoms with Crippen LogP contribution in [-0.4, -0.2) is 10.2 Å². The minimum absolute atomic E-state index is 0.554. The number of fused-ring (bicyclic) bond motifs is 2. The third-order valence-electron chi connectivity index (χ3n) is 4.64. The second kappa shape index (κ2) is 6.61. The van der Waals surface area contributed by atoms with Crippen molar-refractivity contribution in [2.45, 2.75) is 38.5 Å². The van der Waals surface area contributed by atoms with E-state index in [9.17, 15) is 10.5 Å². The Bertz CT molecular complexity index is 922. The molecule has 0 amide bonds.